The molecule has 1 aromatic heterocycles. The lowest BCUT2D eigenvalue weighted by Crippen LogP contribution is -2.30. The molecule has 0 fully saturated rings. The molecule has 0 aromatic carbocycles. The number of hydrogen-bond acceptors (Lipinski definition) is 5. The van der Waals surface area contributed by atoms with Crippen LogP contribution in [0.15, 0.2) is 17.1 Å². The van der Waals surface area contributed by atoms with Crippen LogP contribution in [0.2, 0.25) is 0 Å². The molecule has 0 saturated carbocycles. The minimum absolute atomic E-state index is 0.778. The van der Waals surface area contributed by atoms with Gasteiger partial charge >= 0.3 is 11.0 Å². The van der Waals surface area contributed by atoms with Crippen molar-refractivity contribution in [3.8, 4) is 0 Å². The Bertz CT molecular complexity index is 685. The van der Waals surface area contributed by atoms with Gasteiger partial charge in [0, 0.05) is 6.42 Å². The highest BCUT2D eigenvalue weighted by Gasteiger charge is 2.46. The molecule has 0 aliphatic carbocycles. The third kappa shape index (κ3) is 8.64. The maximum atomic E-state index is 11.4. The zero-order valence-electron chi connectivity index (χ0n) is 13.3. The van der Waals surface area contributed by atoms with Gasteiger partial charge in [0.05, 0.1) is 5.38 Å². The van der Waals surface area contributed by atoms with Crippen molar-refractivity contribution < 1.29 is 47.7 Å². The first-order chi connectivity index (χ1) is 11.6. The van der Waals surface area contributed by atoms with Crippen LogP contribution in [-0.2, 0) is 26.6 Å². The van der Waals surface area contributed by atoms with Crippen molar-refractivity contribution in [2.24, 2.45) is 0 Å². The number of aromatic nitrogens is 1. The smallest absolute Gasteiger partial charge is 0.421 e. The van der Waals surface area contributed by atoms with Crippen molar-refractivity contribution in [1.82, 2.24) is 0 Å². The number of hydrogen-bond donors (Lipinski definition) is 0. The summed E-state index contributed by atoms with van der Waals surface area (Å²) in [5.41, 5.74) is -10.2. The van der Waals surface area contributed by atoms with Gasteiger partial charge in [-0.3, -0.25) is 0 Å². The maximum absolute atomic E-state index is 11.4. The largest absolute Gasteiger partial charge is 0.480 e. The molecular weight excluding hydrogens is 434 g/mol. The van der Waals surface area contributed by atoms with E-state index in [1.165, 1.54) is 32.2 Å². The molecule has 26 heavy (non-hydrogen) atoms. The van der Waals surface area contributed by atoms with Gasteiger partial charge in [0.2, 0.25) is 5.51 Å². The van der Waals surface area contributed by atoms with E-state index in [0.29, 0.717) is 0 Å². The van der Waals surface area contributed by atoms with E-state index in [9.17, 15) is 43.2 Å². The summed E-state index contributed by atoms with van der Waals surface area (Å²) in [6, 6.07) is 0. The number of halogens is 6. The minimum Gasteiger partial charge on any atom is -0.421 e. The number of rotatable bonds is 7. The zero-order valence-corrected chi connectivity index (χ0v) is 15.7. The number of thiazole rings is 1. The fourth-order valence-electron chi connectivity index (χ4n) is 1.32. The first kappa shape index (κ1) is 25.1. The van der Waals surface area contributed by atoms with E-state index in [1.54, 1.807) is 11.3 Å². The average Bonchev–Trinajstić information content (AvgIpc) is 2.94. The van der Waals surface area contributed by atoms with E-state index in [-0.39, 0.29) is 0 Å². The molecule has 0 radical (unpaired) electrons. The summed E-state index contributed by atoms with van der Waals surface area (Å²) in [7, 11) is -13.4. The Morgan fingerprint density at radius 1 is 0.923 bits per heavy atom. The summed E-state index contributed by atoms with van der Waals surface area (Å²) in [4.78, 5) is 0. The van der Waals surface area contributed by atoms with Crippen LogP contribution >= 0.6 is 11.3 Å². The minimum atomic E-state index is -6.72. The lowest BCUT2D eigenvalue weighted by molar-refractivity contribution is -0.692. The molecule has 1 heterocycles. The number of aryl methyl sites for hydroxylation is 1. The third-order valence-corrected chi connectivity index (χ3v) is 5.99. The number of nitrogens with zero attached hydrogens (tertiary/aromatic N) is 2. The van der Waals surface area contributed by atoms with E-state index in [1.807, 2.05) is 0 Å². The van der Waals surface area contributed by atoms with Crippen LogP contribution in [0, 0.1) is 0 Å². The molecule has 6 nitrogen and oxygen atoms in total. The Balaban J connectivity index is 0.000000502. The lowest BCUT2D eigenvalue weighted by Gasteiger charge is -2.22. The molecule has 154 valence electrons. The molecule has 0 N–H and O–H groups in total. The fraction of sp³-hybridized carbons (Fsp3) is 0.727. The van der Waals surface area contributed by atoms with Crippen LogP contribution in [0.1, 0.15) is 32.6 Å². The molecule has 0 spiro atoms. The molecule has 0 bridgehead atoms. The van der Waals surface area contributed by atoms with Crippen molar-refractivity contribution in [2.75, 3.05) is 0 Å². The van der Waals surface area contributed by atoms with Gasteiger partial charge in [-0.25, -0.2) is 16.8 Å². The monoisotopic (exact) mass is 450 g/mol. The Morgan fingerprint density at radius 3 is 1.77 bits per heavy atom. The van der Waals surface area contributed by atoms with E-state index >= 15 is 0 Å². The van der Waals surface area contributed by atoms with Crippen molar-refractivity contribution in [1.29, 1.82) is 0 Å². The summed E-state index contributed by atoms with van der Waals surface area (Å²) in [5.74, 6) is 0. The summed E-state index contributed by atoms with van der Waals surface area (Å²) in [6.07, 6.45) is 7.56. The van der Waals surface area contributed by atoms with E-state index in [2.05, 4.69) is 28.6 Å². The Hall–Kier alpha value is -0.930. The van der Waals surface area contributed by atoms with Gasteiger partial charge in [-0.1, -0.05) is 31.1 Å². The molecule has 0 aliphatic heterocycles. The predicted molar refractivity (Wildman–Crippen MR) is 82.0 cm³/mol. The van der Waals surface area contributed by atoms with Crippen LogP contribution in [0.25, 0.3) is 4.13 Å². The van der Waals surface area contributed by atoms with Crippen molar-refractivity contribution in [3.63, 3.8) is 0 Å². The fourth-order valence-corrected chi connectivity index (χ4v) is 3.66. The van der Waals surface area contributed by atoms with Crippen LogP contribution in [-0.4, -0.2) is 27.9 Å². The van der Waals surface area contributed by atoms with Crippen LogP contribution in [0.5, 0.6) is 0 Å². The Labute approximate surface area is 150 Å². The van der Waals surface area contributed by atoms with Crippen molar-refractivity contribution >= 4 is 31.4 Å². The van der Waals surface area contributed by atoms with Gasteiger partial charge in [0.1, 0.15) is 6.54 Å². The summed E-state index contributed by atoms with van der Waals surface area (Å²) in [6.45, 7) is 3.45. The third-order valence-electron chi connectivity index (χ3n) is 2.58. The molecule has 1 rings (SSSR count). The summed E-state index contributed by atoms with van der Waals surface area (Å²) >= 11 is 1.77. The second kappa shape index (κ2) is 9.85. The maximum Gasteiger partial charge on any atom is 0.480 e. The quantitative estimate of drug-likeness (QED) is 0.360. The van der Waals surface area contributed by atoms with Crippen molar-refractivity contribution in [3.05, 3.63) is 21.2 Å². The van der Waals surface area contributed by atoms with E-state index in [4.69, 9.17) is 0 Å². The van der Waals surface area contributed by atoms with Crippen LogP contribution in [0.4, 0.5) is 26.3 Å². The molecule has 0 atom stereocenters. The second-order valence-corrected chi connectivity index (χ2v) is 8.92. The molecule has 0 saturated heterocycles. The van der Waals surface area contributed by atoms with Crippen LogP contribution < -0.4 is 4.57 Å². The van der Waals surface area contributed by atoms with Gasteiger partial charge in [-0.05, 0) is 6.42 Å². The van der Waals surface area contributed by atoms with Gasteiger partial charge in [-0.2, -0.15) is 30.9 Å². The van der Waals surface area contributed by atoms with Gasteiger partial charge in [0.25, 0.3) is 0 Å². The highest BCUT2D eigenvalue weighted by molar-refractivity contribution is 8.13. The van der Waals surface area contributed by atoms with E-state index < -0.39 is 31.1 Å². The zero-order chi connectivity index (χ0) is 20.6. The highest BCUT2D eigenvalue weighted by atomic mass is 32.3. The highest BCUT2D eigenvalue weighted by Crippen LogP contribution is 2.36. The Kier molecular flexibility index (Phi) is 9.49. The van der Waals surface area contributed by atoms with Gasteiger partial charge < -0.3 is 4.13 Å². The molecular formula is C11H16F6N2O4S3. The molecule has 0 unspecified atom stereocenters. The first-order valence-corrected chi connectivity index (χ1v) is 10.7. The van der Waals surface area contributed by atoms with Crippen molar-refractivity contribution in [2.45, 2.75) is 50.2 Å². The normalized spacial score (nSPS) is 13.2. The van der Waals surface area contributed by atoms with Gasteiger partial charge in [-0.15, -0.1) is 0 Å². The van der Waals surface area contributed by atoms with Gasteiger partial charge in [0.15, 0.2) is 26.2 Å². The van der Waals surface area contributed by atoms with E-state index in [0.717, 1.165) is 4.13 Å². The topological polar surface area (TPSA) is 86.3 Å². The SMILES string of the molecule is CCCCCC[n+]1ccsc1.O=S(=O)([N-]S(=O)(=O)C(F)(F)F)C(F)(F)F. The second-order valence-electron chi connectivity index (χ2n) is 4.74. The Morgan fingerprint density at radius 2 is 1.42 bits per heavy atom. The molecule has 15 heteroatoms. The molecule has 0 aliphatic rings. The molecule has 0 amide bonds. The first-order valence-electron chi connectivity index (χ1n) is 6.92. The number of alkyl halides is 6. The summed E-state index contributed by atoms with van der Waals surface area (Å²) in [5, 5.41) is 2.12. The van der Waals surface area contributed by atoms with Crippen LogP contribution in [0.3, 0.4) is 0 Å². The standard InChI is InChI=1S/C9H16NS.C2F6NO4S2/c1-2-3-4-5-6-10-7-8-11-9-10;3-1(4,5)14(10,11)9-15(12,13)2(6,7)8/h7-9H,2-6H2,1H3;/q+1;-1. The lowest BCUT2D eigenvalue weighted by atomic mass is 10.2. The average molecular weight is 450 g/mol. The summed E-state index contributed by atoms with van der Waals surface area (Å²) < 4.78 is 111. The molecule has 1 aromatic rings. The number of sulfonamides is 2. The number of unbranched alkanes of at least 4 members (excludes halogenated alkanes) is 3. The predicted octanol–water partition coefficient (Wildman–Crippen LogP) is 3.68.